The third-order valence-corrected chi connectivity index (χ3v) is 3.48. The van der Waals surface area contributed by atoms with Crippen LogP contribution in [0.3, 0.4) is 0 Å². The smallest absolute Gasteiger partial charge is 0.177 e. The second-order valence-electron chi connectivity index (χ2n) is 2.65. The maximum absolute atomic E-state index is 11.2. The molecule has 0 saturated heterocycles. The molecule has 0 aliphatic heterocycles. The van der Waals surface area contributed by atoms with Crippen LogP contribution in [0, 0.1) is 6.92 Å². The first-order valence-electron chi connectivity index (χ1n) is 3.61. The van der Waals surface area contributed by atoms with Crippen molar-refractivity contribution in [3.63, 3.8) is 0 Å². The van der Waals surface area contributed by atoms with Crippen molar-refractivity contribution >= 4 is 44.9 Å². The van der Waals surface area contributed by atoms with Gasteiger partial charge in [-0.2, -0.15) is 0 Å². The van der Waals surface area contributed by atoms with Crippen LogP contribution in [0.5, 0.6) is 0 Å². The van der Waals surface area contributed by atoms with Gasteiger partial charge in [-0.1, -0.05) is 11.6 Å². The lowest BCUT2D eigenvalue weighted by Crippen LogP contribution is -2.00. The van der Waals surface area contributed by atoms with Gasteiger partial charge in [0.15, 0.2) is 5.78 Å². The van der Waals surface area contributed by atoms with E-state index >= 15 is 0 Å². The Morgan fingerprint density at radius 2 is 2.15 bits per heavy atom. The van der Waals surface area contributed by atoms with Crippen molar-refractivity contribution in [2.45, 2.75) is 6.92 Å². The molecular weight excluding hydrogens is 275 g/mol. The summed E-state index contributed by atoms with van der Waals surface area (Å²) in [4.78, 5) is 11.2. The highest BCUT2D eigenvalue weighted by molar-refractivity contribution is 9.10. The molecule has 0 aliphatic carbocycles. The molecule has 1 aromatic rings. The van der Waals surface area contributed by atoms with Gasteiger partial charge in [-0.15, -0.1) is 11.6 Å². The lowest BCUT2D eigenvalue weighted by atomic mass is 10.1. The number of halogens is 3. The lowest BCUT2D eigenvalue weighted by Gasteiger charge is -2.04. The number of carbonyl (C=O) groups is 1. The van der Waals surface area contributed by atoms with Crippen molar-refractivity contribution in [1.29, 1.82) is 0 Å². The fraction of sp³-hybridized carbons (Fsp3) is 0.222. The Morgan fingerprint density at radius 3 is 2.62 bits per heavy atom. The molecule has 0 amide bonds. The summed E-state index contributed by atoms with van der Waals surface area (Å²) in [7, 11) is 0. The van der Waals surface area contributed by atoms with E-state index in [2.05, 4.69) is 15.9 Å². The molecule has 0 aliphatic rings. The number of hydrogen-bond donors (Lipinski definition) is 0. The van der Waals surface area contributed by atoms with E-state index in [9.17, 15) is 4.79 Å². The number of hydrogen-bond acceptors (Lipinski definition) is 1. The van der Waals surface area contributed by atoms with Gasteiger partial charge in [-0.05, 0) is 40.5 Å². The highest BCUT2D eigenvalue weighted by atomic mass is 79.9. The highest BCUT2D eigenvalue weighted by Crippen LogP contribution is 2.27. The van der Waals surface area contributed by atoms with Crippen LogP contribution in [-0.2, 0) is 0 Å². The quantitative estimate of drug-likeness (QED) is 0.595. The minimum Gasteiger partial charge on any atom is -0.293 e. The van der Waals surface area contributed by atoms with Crippen molar-refractivity contribution in [1.82, 2.24) is 0 Å². The van der Waals surface area contributed by atoms with E-state index in [1.807, 2.05) is 6.92 Å². The number of ketones is 1. The molecule has 0 saturated carbocycles. The molecule has 0 N–H and O–H groups in total. The first kappa shape index (κ1) is 11.0. The Hall–Kier alpha value is -0.0500. The summed E-state index contributed by atoms with van der Waals surface area (Å²) in [6.07, 6.45) is 0. The van der Waals surface area contributed by atoms with Crippen LogP contribution in [-0.4, -0.2) is 11.7 Å². The number of aryl methyl sites for hydroxylation is 1. The molecule has 0 heterocycles. The zero-order valence-electron chi connectivity index (χ0n) is 6.90. The van der Waals surface area contributed by atoms with Gasteiger partial charge in [0, 0.05) is 10.0 Å². The van der Waals surface area contributed by atoms with E-state index < -0.39 is 0 Å². The van der Waals surface area contributed by atoms with E-state index in [4.69, 9.17) is 23.2 Å². The van der Waals surface area contributed by atoms with Crippen LogP contribution < -0.4 is 0 Å². The molecule has 13 heavy (non-hydrogen) atoms. The molecule has 70 valence electrons. The van der Waals surface area contributed by atoms with E-state index in [1.165, 1.54) is 0 Å². The first-order valence-corrected chi connectivity index (χ1v) is 5.31. The average molecular weight is 282 g/mol. The first-order chi connectivity index (χ1) is 6.06. The van der Waals surface area contributed by atoms with Gasteiger partial charge in [-0.25, -0.2) is 0 Å². The van der Waals surface area contributed by atoms with E-state index in [1.54, 1.807) is 12.1 Å². The van der Waals surface area contributed by atoms with Gasteiger partial charge in [0.1, 0.15) is 0 Å². The number of rotatable bonds is 2. The van der Waals surface area contributed by atoms with E-state index in [0.717, 1.165) is 10.0 Å². The Labute approximate surface area is 95.2 Å². The Kier molecular flexibility index (Phi) is 3.77. The van der Waals surface area contributed by atoms with Crippen molar-refractivity contribution in [2.24, 2.45) is 0 Å². The largest absolute Gasteiger partial charge is 0.293 e. The summed E-state index contributed by atoms with van der Waals surface area (Å²) in [5, 5.41) is 0.536. The van der Waals surface area contributed by atoms with Crippen LogP contribution in [0.1, 0.15) is 15.9 Å². The van der Waals surface area contributed by atoms with Crippen molar-refractivity contribution in [3.05, 3.63) is 32.8 Å². The highest BCUT2D eigenvalue weighted by Gasteiger charge is 2.08. The summed E-state index contributed by atoms with van der Waals surface area (Å²) in [6.45, 7) is 1.88. The maximum atomic E-state index is 11.2. The second-order valence-corrected chi connectivity index (χ2v) is 4.11. The molecule has 0 bridgehead atoms. The van der Waals surface area contributed by atoms with Crippen molar-refractivity contribution < 1.29 is 4.79 Å². The van der Waals surface area contributed by atoms with Crippen LogP contribution in [0.25, 0.3) is 0 Å². The monoisotopic (exact) mass is 280 g/mol. The topological polar surface area (TPSA) is 17.1 Å². The van der Waals surface area contributed by atoms with Gasteiger partial charge >= 0.3 is 0 Å². The number of benzene rings is 1. The maximum Gasteiger partial charge on any atom is 0.177 e. The summed E-state index contributed by atoms with van der Waals surface area (Å²) >= 11 is 14.6. The second kappa shape index (κ2) is 4.45. The number of alkyl halides is 1. The molecule has 0 spiro atoms. The molecule has 0 atom stereocenters. The zero-order chi connectivity index (χ0) is 10.0. The Morgan fingerprint density at radius 1 is 1.54 bits per heavy atom. The number of Topliss-reactive ketones (excluding diaryl/α,β-unsaturated/α-hetero) is 1. The average Bonchev–Trinajstić information content (AvgIpc) is 2.12. The predicted octanol–water partition coefficient (Wildman–Crippen LogP) is 3.83. The zero-order valence-corrected chi connectivity index (χ0v) is 10.0. The van der Waals surface area contributed by atoms with Crippen molar-refractivity contribution in [2.75, 3.05) is 5.88 Å². The van der Waals surface area contributed by atoms with Crippen LogP contribution in [0.15, 0.2) is 16.6 Å². The summed E-state index contributed by atoms with van der Waals surface area (Å²) < 4.78 is 0.820. The van der Waals surface area contributed by atoms with Crippen LogP contribution in [0.4, 0.5) is 0 Å². The molecule has 0 fully saturated rings. The van der Waals surface area contributed by atoms with Gasteiger partial charge in [0.05, 0.1) is 10.9 Å². The molecule has 1 nitrogen and oxygen atoms in total. The molecule has 0 radical (unpaired) electrons. The number of carbonyl (C=O) groups excluding carboxylic acids is 1. The normalized spacial score (nSPS) is 10.2. The van der Waals surface area contributed by atoms with Gasteiger partial charge < -0.3 is 0 Å². The third kappa shape index (κ3) is 2.46. The minimum absolute atomic E-state index is 0.0165. The van der Waals surface area contributed by atoms with E-state index in [0.29, 0.717) is 10.6 Å². The van der Waals surface area contributed by atoms with Gasteiger partial charge in [0.2, 0.25) is 0 Å². The van der Waals surface area contributed by atoms with Gasteiger partial charge in [-0.3, -0.25) is 4.79 Å². The molecule has 0 unspecified atom stereocenters. The van der Waals surface area contributed by atoms with Crippen LogP contribution in [0.2, 0.25) is 5.02 Å². The summed E-state index contributed by atoms with van der Waals surface area (Å²) in [5.41, 5.74) is 1.49. The third-order valence-electron chi connectivity index (χ3n) is 1.65. The fourth-order valence-corrected chi connectivity index (χ4v) is 1.61. The minimum atomic E-state index is -0.112. The standard InChI is InChI=1S/C9H7BrCl2O/c1-5-2-6(8(13)4-11)3-7(12)9(5)10/h2-3H,4H2,1H3. The lowest BCUT2D eigenvalue weighted by molar-refractivity contribution is 0.102. The Balaban J connectivity index is 3.20. The predicted molar refractivity (Wildman–Crippen MR) is 58.9 cm³/mol. The summed E-state index contributed by atoms with van der Waals surface area (Å²) in [6, 6.07) is 3.38. The van der Waals surface area contributed by atoms with Crippen molar-refractivity contribution in [3.8, 4) is 0 Å². The molecule has 1 rings (SSSR count). The molecule has 0 aromatic heterocycles. The molecule has 1 aromatic carbocycles. The Bertz CT molecular complexity index is 326. The van der Waals surface area contributed by atoms with Gasteiger partial charge in [0.25, 0.3) is 0 Å². The van der Waals surface area contributed by atoms with E-state index in [-0.39, 0.29) is 11.7 Å². The SMILES string of the molecule is Cc1cc(C(=O)CCl)cc(Cl)c1Br. The van der Waals surface area contributed by atoms with Crippen LogP contribution >= 0.6 is 39.1 Å². The molecule has 4 heteroatoms. The fourth-order valence-electron chi connectivity index (χ4n) is 0.965. The molecular formula is C9H7BrCl2O. The summed E-state index contributed by atoms with van der Waals surface area (Å²) in [5.74, 6) is -0.128.